The van der Waals surface area contributed by atoms with Crippen LogP contribution in [0.5, 0.6) is 0 Å². The van der Waals surface area contributed by atoms with Crippen LogP contribution in [0.4, 0.5) is 19.0 Å². The molecule has 0 fully saturated rings. The van der Waals surface area contributed by atoms with E-state index in [9.17, 15) is 13.2 Å². The highest BCUT2D eigenvalue weighted by Gasteiger charge is 2.09. The molecule has 2 aromatic heterocycles. The van der Waals surface area contributed by atoms with E-state index in [-0.39, 0.29) is 19.0 Å². The van der Waals surface area contributed by atoms with E-state index in [2.05, 4.69) is 15.5 Å². The molecule has 0 atom stereocenters. The quantitative estimate of drug-likeness (QED) is 0.852. The van der Waals surface area contributed by atoms with E-state index in [1.54, 1.807) is 17.1 Å². The predicted molar refractivity (Wildman–Crippen MR) is 75.7 cm³/mol. The Morgan fingerprint density at radius 1 is 1.29 bits per heavy atom. The van der Waals surface area contributed by atoms with Crippen molar-refractivity contribution in [1.82, 2.24) is 19.6 Å². The minimum atomic E-state index is -2.43. The normalized spacial score (nSPS) is 10.7. The van der Waals surface area contributed by atoms with Crippen LogP contribution < -0.4 is 5.32 Å². The summed E-state index contributed by atoms with van der Waals surface area (Å²) in [5.41, 5.74) is 1.68. The number of nitrogens with zero attached hydrogens (tertiary/aromatic N) is 4. The average Bonchev–Trinajstić information content (AvgIpc) is 2.95. The SMILES string of the molecule is Cc1cnn(CCF)c1NCc1cnn(CC(F)F)c1.Cl. The number of halogens is 4. The zero-order valence-electron chi connectivity index (χ0n) is 11.5. The maximum Gasteiger partial charge on any atom is 0.257 e. The van der Waals surface area contributed by atoms with Gasteiger partial charge in [0, 0.05) is 23.9 Å². The van der Waals surface area contributed by atoms with Gasteiger partial charge in [0.2, 0.25) is 0 Å². The van der Waals surface area contributed by atoms with E-state index < -0.39 is 19.6 Å². The molecule has 9 heteroatoms. The van der Waals surface area contributed by atoms with Crippen LogP contribution in [-0.2, 0) is 19.6 Å². The minimum Gasteiger partial charge on any atom is -0.366 e. The van der Waals surface area contributed by atoms with E-state index >= 15 is 0 Å². The van der Waals surface area contributed by atoms with Crippen LogP contribution in [0.15, 0.2) is 18.6 Å². The van der Waals surface area contributed by atoms with Crippen molar-refractivity contribution in [2.24, 2.45) is 0 Å². The van der Waals surface area contributed by atoms with Crippen LogP contribution >= 0.6 is 12.4 Å². The number of anilines is 1. The van der Waals surface area contributed by atoms with E-state index in [1.165, 1.54) is 10.9 Å². The molecule has 0 bridgehead atoms. The lowest BCUT2D eigenvalue weighted by Gasteiger charge is -2.08. The Kier molecular flexibility index (Phi) is 6.54. The maximum atomic E-state index is 12.4. The van der Waals surface area contributed by atoms with Gasteiger partial charge in [-0.05, 0) is 6.92 Å². The second-order valence-electron chi connectivity index (χ2n) is 4.40. The fourth-order valence-electron chi connectivity index (χ4n) is 1.88. The summed E-state index contributed by atoms with van der Waals surface area (Å²) in [5.74, 6) is 0.726. The Balaban J connectivity index is 0.00000220. The molecule has 1 N–H and O–H groups in total. The molecule has 21 heavy (non-hydrogen) atoms. The van der Waals surface area contributed by atoms with Gasteiger partial charge in [0.25, 0.3) is 6.43 Å². The lowest BCUT2D eigenvalue weighted by atomic mass is 10.3. The first kappa shape index (κ1) is 17.4. The summed E-state index contributed by atoms with van der Waals surface area (Å²) < 4.78 is 39.5. The van der Waals surface area contributed by atoms with Gasteiger partial charge < -0.3 is 5.32 Å². The molecule has 0 aliphatic heterocycles. The molecule has 0 unspecified atom stereocenters. The summed E-state index contributed by atoms with van der Waals surface area (Å²) in [6.45, 7) is 1.55. The summed E-state index contributed by atoms with van der Waals surface area (Å²) in [7, 11) is 0. The first-order chi connectivity index (χ1) is 9.60. The number of alkyl halides is 3. The zero-order chi connectivity index (χ0) is 14.5. The number of nitrogens with one attached hydrogen (secondary N) is 1. The standard InChI is InChI=1S/C12H16F3N5.ClH/c1-9-4-18-20(3-2-13)12(9)16-5-10-6-17-19(7-10)8-11(14)15;/h4,6-7,11,16H,2-3,5,8H2,1H3;1H. The van der Waals surface area contributed by atoms with Crippen molar-refractivity contribution in [2.45, 2.75) is 33.0 Å². The molecule has 0 amide bonds. The van der Waals surface area contributed by atoms with Gasteiger partial charge in [0.05, 0.1) is 18.9 Å². The Labute approximate surface area is 126 Å². The third-order valence-corrected chi connectivity index (χ3v) is 2.79. The molecule has 0 aliphatic rings. The first-order valence-electron chi connectivity index (χ1n) is 6.22. The molecule has 118 valence electrons. The Hall–Kier alpha value is -1.70. The van der Waals surface area contributed by atoms with E-state index in [4.69, 9.17) is 0 Å². The third kappa shape index (κ3) is 4.66. The van der Waals surface area contributed by atoms with Gasteiger partial charge in [-0.2, -0.15) is 10.2 Å². The van der Waals surface area contributed by atoms with Crippen LogP contribution in [0, 0.1) is 6.92 Å². The molecule has 5 nitrogen and oxygen atoms in total. The van der Waals surface area contributed by atoms with E-state index in [1.807, 2.05) is 6.92 Å². The van der Waals surface area contributed by atoms with Gasteiger partial charge in [-0.1, -0.05) is 0 Å². The molecule has 2 aromatic rings. The van der Waals surface area contributed by atoms with E-state index in [0.29, 0.717) is 6.54 Å². The van der Waals surface area contributed by atoms with E-state index in [0.717, 1.165) is 16.9 Å². The van der Waals surface area contributed by atoms with Crippen molar-refractivity contribution >= 4 is 18.2 Å². The molecule has 0 spiro atoms. The summed E-state index contributed by atoms with van der Waals surface area (Å²) in [4.78, 5) is 0. The van der Waals surface area contributed by atoms with Crippen molar-refractivity contribution in [3.8, 4) is 0 Å². The van der Waals surface area contributed by atoms with Crippen molar-refractivity contribution in [1.29, 1.82) is 0 Å². The number of hydrogen-bond donors (Lipinski definition) is 1. The molecule has 2 rings (SSSR count). The average molecular weight is 324 g/mol. The topological polar surface area (TPSA) is 47.7 Å². The lowest BCUT2D eigenvalue weighted by Crippen LogP contribution is -2.10. The molecule has 0 radical (unpaired) electrons. The summed E-state index contributed by atoms with van der Waals surface area (Å²) in [6, 6.07) is 0. The predicted octanol–water partition coefficient (Wildman–Crippen LogP) is 2.66. The van der Waals surface area contributed by atoms with Crippen molar-refractivity contribution < 1.29 is 13.2 Å². The molecule has 0 saturated carbocycles. The van der Waals surface area contributed by atoms with Gasteiger partial charge in [-0.3, -0.25) is 4.68 Å². The largest absolute Gasteiger partial charge is 0.366 e. The molecule has 2 heterocycles. The Morgan fingerprint density at radius 3 is 2.71 bits per heavy atom. The summed E-state index contributed by atoms with van der Waals surface area (Å²) >= 11 is 0. The zero-order valence-corrected chi connectivity index (χ0v) is 12.3. The lowest BCUT2D eigenvalue weighted by molar-refractivity contribution is 0.122. The van der Waals surface area contributed by atoms with Crippen molar-refractivity contribution in [3.05, 3.63) is 29.7 Å². The summed E-state index contributed by atoms with van der Waals surface area (Å²) in [5, 5.41) is 11.0. The van der Waals surface area contributed by atoms with Gasteiger partial charge in [0.1, 0.15) is 19.0 Å². The van der Waals surface area contributed by atoms with Gasteiger partial charge in [0.15, 0.2) is 0 Å². The fraction of sp³-hybridized carbons (Fsp3) is 0.500. The van der Waals surface area contributed by atoms with Crippen LogP contribution in [0.25, 0.3) is 0 Å². The minimum absolute atomic E-state index is 0. The Morgan fingerprint density at radius 2 is 2.05 bits per heavy atom. The third-order valence-electron chi connectivity index (χ3n) is 2.79. The molecular formula is C12H17ClF3N5. The van der Waals surface area contributed by atoms with Crippen LogP contribution in [-0.4, -0.2) is 32.7 Å². The highest BCUT2D eigenvalue weighted by atomic mass is 35.5. The second kappa shape index (κ2) is 7.92. The van der Waals surface area contributed by atoms with Crippen LogP contribution in [0.2, 0.25) is 0 Å². The highest BCUT2D eigenvalue weighted by molar-refractivity contribution is 5.85. The van der Waals surface area contributed by atoms with Gasteiger partial charge in [-0.25, -0.2) is 17.9 Å². The van der Waals surface area contributed by atoms with Crippen LogP contribution in [0.1, 0.15) is 11.1 Å². The maximum absolute atomic E-state index is 12.4. The molecule has 0 aliphatic carbocycles. The Bertz CT molecular complexity index is 555. The smallest absolute Gasteiger partial charge is 0.257 e. The monoisotopic (exact) mass is 323 g/mol. The van der Waals surface area contributed by atoms with Crippen molar-refractivity contribution in [2.75, 3.05) is 12.0 Å². The second-order valence-corrected chi connectivity index (χ2v) is 4.40. The van der Waals surface area contributed by atoms with Crippen LogP contribution in [0.3, 0.4) is 0 Å². The van der Waals surface area contributed by atoms with Crippen molar-refractivity contribution in [3.63, 3.8) is 0 Å². The van der Waals surface area contributed by atoms with Gasteiger partial charge >= 0.3 is 0 Å². The molecular weight excluding hydrogens is 307 g/mol. The number of rotatable bonds is 7. The summed E-state index contributed by atoms with van der Waals surface area (Å²) in [6.07, 6.45) is 2.31. The number of hydrogen-bond acceptors (Lipinski definition) is 3. The highest BCUT2D eigenvalue weighted by Crippen LogP contribution is 2.15. The van der Waals surface area contributed by atoms with Gasteiger partial charge in [-0.15, -0.1) is 12.4 Å². The number of aryl methyl sites for hydroxylation is 2. The molecule has 0 aromatic carbocycles. The molecule has 0 saturated heterocycles. The number of aromatic nitrogens is 4. The first-order valence-corrected chi connectivity index (χ1v) is 6.22. The fourth-order valence-corrected chi connectivity index (χ4v) is 1.88.